The Bertz CT molecular complexity index is 3050. The number of rotatable bonds is 29. The van der Waals surface area contributed by atoms with Gasteiger partial charge < -0.3 is 80.0 Å². The minimum atomic E-state index is -1.40. The Morgan fingerprint density at radius 3 is 1.88 bits per heavy atom. The fourth-order valence-electron chi connectivity index (χ4n) is 9.66. The zero-order chi connectivity index (χ0) is 66.3. The van der Waals surface area contributed by atoms with Crippen molar-refractivity contribution in [2.45, 2.75) is 126 Å². The predicted octanol–water partition coefficient (Wildman–Crippen LogP) is -1.30. The third-order valence-electron chi connectivity index (χ3n) is 14.7. The maximum absolute atomic E-state index is 15.1. The van der Waals surface area contributed by atoms with Crippen LogP contribution in [0.1, 0.15) is 75.5 Å². The van der Waals surface area contributed by atoms with Crippen molar-refractivity contribution in [1.29, 1.82) is 0 Å². The second-order valence-corrected chi connectivity index (χ2v) is 23.3. The molecule has 0 spiro atoms. The molecular weight excluding hydrogens is 1290 g/mol. The van der Waals surface area contributed by atoms with Gasteiger partial charge in [0.25, 0.3) is 0 Å². The molecule has 5 rings (SSSR count). The average molecular weight is 1370 g/mol. The zero-order valence-electron chi connectivity index (χ0n) is 50.6. The summed E-state index contributed by atoms with van der Waals surface area (Å²) in [4.78, 5) is 156. The fraction of sp³-hybridized carbons (Fsp3) is 0.483. The van der Waals surface area contributed by atoms with Crippen LogP contribution in [0.5, 0.6) is 5.75 Å². The van der Waals surface area contributed by atoms with Crippen LogP contribution in [0.4, 0.5) is 0 Å². The number of nitrogens with zero attached hydrogens (tertiary/aromatic N) is 1. The molecular formula is C60H84N14O13S2Tc. The number of carbonyl (C=O) groups is 11. The van der Waals surface area contributed by atoms with Crippen molar-refractivity contribution in [2.75, 3.05) is 50.5 Å². The van der Waals surface area contributed by atoms with Gasteiger partial charge in [0.15, 0.2) is 0 Å². The first-order valence-electron chi connectivity index (χ1n) is 29.4. The number of H-pyrrole nitrogens is 1. The number of thioether (sulfide) groups is 1. The second-order valence-electron chi connectivity index (χ2n) is 21.8. The molecule has 1 saturated heterocycles. The number of hydrogen-bond donors (Lipinski definition) is 15. The van der Waals surface area contributed by atoms with Gasteiger partial charge in [-0.1, -0.05) is 74.5 Å². The third-order valence-corrected chi connectivity index (χ3v) is 16.0. The van der Waals surface area contributed by atoms with Crippen LogP contribution in [0.3, 0.4) is 0 Å². The van der Waals surface area contributed by atoms with Gasteiger partial charge in [0.1, 0.15) is 54.1 Å². The number of carbonyl (C=O) groups excluding carboxylic acids is 11. The third kappa shape index (κ3) is 24.6. The van der Waals surface area contributed by atoms with Crippen LogP contribution in [0.2, 0.25) is 0 Å². The van der Waals surface area contributed by atoms with Crippen LogP contribution in [-0.4, -0.2) is 179 Å². The molecule has 0 radical (unpaired) electrons. The molecule has 30 heteroatoms. The number of likely N-dealkylation sites (N-methyl/N-ethyl adjacent to an activating group) is 1. The number of unbranched alkanes of at least 4 members (excludes halogenated alkanes) is 2. The normalized spacial score (nSPS) is 19.2. The molecule has 90 heavy (non-hydrogen) atoms. The standard InChI is InChI=1S/C60H84N14O12S2.O.Tc/c1-35(2)52-59(85)70-44(23-26-88-34-51(78)66-31-49(76)65-32-50(77)67-47(33-87)57(83)68-42(53(63)79)17-9-11-24-61)60(86)74(3)48(28-36-13-5-4-6-14-36)58(84)72-45(27-37-19-21-39(75)22-20-37)55(81)71-46(29-38-30-64-41-16-8-7-15-40(38)41)56(82)69-43(54(80)73-52)18-10-12-25-62;;/h4-8,13-16,19-22,30,35,42-48,52,64,75,87H,9-12,17-18,23-29,31-34,61-62H2,1-3H3,(H2,63,79)(H,65,76)(H,66,78)(H,67,77)(H,68,83)(H,69,82)(H,70,85)(H,71,81)(H,72,84)(H,73,80);;/t42-,43-,44-,45-,46+,47-,48-,52-;;/m0../s1/i;;1+1. The van der Waals surface area contributed by atoms with Crippen molar-refractivity contribution in [3.05, 3.63) is 102 Å². The first-order chi connectivity index (χ1) is 43.1. The Kier molecular flexibility index (Phi) is 32.7. The molecule has 0 saturated carbocycles. The van der Waals surface area contributed by atoms with Crippen molar-refractivity contribution in [2.24, 2.45) is 23.1 Å². The van der Waals surface area contributed by atoms with Gasteiger partial charge in [0.2, 0.25) is 65.0 Å². The van der Waals surface area contributed by atoms with Gasteiger partial charge in [-0.05, 0) is 105 Å². The Hall–Kier alpha value is -7.76. The number of nitrogens with two attached hydrogens (primary N) is 3. The number of aromatic amines is 1. The molecule has 1 aliphatic heterocycles. The number of amides is 11. The average Bonchev–Trinajstić information content (AvgIpc) is 1.57. The molecule has 3 aromatic carbocycles. The molecule has 11 amide bonds. The molecule has 1 aromatic heterocycles. The van der Waals surface area contributed by atoms with Gasteiger partial charge in [0, 0.05) is 49.2 Å². The molecule has 491 valence electrons. The molecule has 0 bridgehead atoms. The number of thiol groups is 1. The van der Waals surface area contributed by atoms with E-state index < -0.39 is 132 Å². The second kappa shape index (κ2) is 39.4. The number of nitrogens with one attached hydrogen (secondary N) is 10. The number of phenols is 1. The van der Waals surface area contributed by atoms with E-state index in [1.54, 1.807) is 62.5 Å². The summed E-state index contributed by atoms with van der Waals surface area (Å²) in [5.74, 6) is -9.02. The molecule has 0 aliphatic carbocycles. The van der Waals surface area contributed by atoms with Crippen LogP contribution >= 0.6 is 24.4 Å². The summed E-state index contributed by atoms with van der Waals surface area (Å²) in [7, 11) is 1.38. The maximum atomic E-state index is 15.1. The van der Waals surface area contributed by atoms with E-state index in [2.05, 4.69) is 65.5 Å². The van der Waals surface area contributed by atoms with Crippen molar-refractivity contribution >= 4 is 100 Å². The van der Waals surface area contributed by atoms with Crippen LogP contribution in [0.25, 0.3) is 10.9 Å². The van der Waals surface area contributed by atoms with Crippen LogP contribution in [-0.2, 0) is 94.4 Å². The van der Waals surface area contributed by atoms with E-state index in [1.165, 1.54) is 24.1 Å². The predicted molar refractivity (Wildman–Crippen MR) is 336 cm³/mol. The minimum absolute atomic E-state index is 0.0479. The summed E-state index contributed by atoms with van der Waals surface area (Å²) >= 11 is 6.08. The van der Waals surface area contributed by atoms with Crippen molar-refractivity contribution in [3.63, 3.8) is 0 Å². The molecule has 4 aromatic rings. The summed E-state index contributed by atoms with van der Waals surface area (Å²) in [6.07, 6.45) is 3.67. The van der Waals surface area contributed by atoms with Crippen molar-refractivity contribution < 1.29 is 80.2 Å². The van der Waals surface area contributed by atoms with E-state index in [9.17, 15) is 48.3 Å². The molecule has 17 N–H and O–H groups in total. The van der Waals surface area contributed by atoms with E-state index in [1.807, 2.05) is 24.3 Å². The number of aromatic hydroxyl groups is 1. The van der Waals surface area contributed by atoms with Crippen LogP contribution in [0, 0.1) is 5.92 Å². The van der Waals surface area contributed by atoms with E-state index >= 15 is 9.59 Å². The summed E-state index contributed by atoms with van der Waals surface area (Å²) in [5.41, 5.74) is 19.4. The number of hydrogen-bond acceptors (Lipinski definition) is 17. The Morgan fingerprint density at radius 2 is 1.22 bits per heavy atom. The molecule has 1 fully saturated rings. The van der Waals surface area contributed by atoms with Crippen LogP contribution in [0.15, 0.2) is 85.1 Å². The summed E-state index contributed by atoms with van der Waals surface area (Å²) < 4.78 is 8.22. The topological polar surface area (TPSA) is 430 Å². The number of fused-ring (bicyclic) bond motifs is 1. The van der Waals surface area contributed by atoms with E-state index in [-0.39, 0.29) is 68.1 Å². The van der Waals surface area contributed by atoms with Crippen molar-refractivity contribution in [1.82, 2.24) is 57.7 Å². The van der Waals surface area contributed by atoms with Crippen LogP contribution < -0.4 is 65.1 Å². The molecule has 0 unspecified atom stereocenters. The van der Waals surface area contributed by atoms with E-state index in [4.69, 9.17) is 20.7 Å². The molecule has 1 aliphatic rings. The van der Waals surface area contributed by atoms with Gasteiger partial charge >= 0.3 is 22.4 Å². The Balaban J connectivity index is 0.00000856. The van der Waals surface area contributed by atoms with Gasteiger partial charge in [-0.3, -0.25) is 52.7 Å². The van der Waals surface area contributed by atoms with E-state index in [0.717, 1.165) is 41.5 Å². The summed E-state index contributed by atoms with van der Waals surface area (Å²) in [5, 5.41) is 34.8. The number of para-hydroxylation sites is 1. The number of primary amides is 1. The first-order valence-corrected chi connectivity index (χ1v) is 32.0. The Labute approximate surface area is 542 Å². The number of aromatic nitrogens is 1. The zero-order valence-corrected chi connectivity index (χ0v) is 54.1. The quantitative estimate of drug-likeness (QED) is 0.0222. The monoisotopic (exact) mass is 1370 g/mol. The molecule has 2 heterocycles. The van der Waals surface area contributed by atoms with Crippen molar-refractivity contribution in [3.8, 4) is 5.75 Å². The number of benzene rings is 3. The summed E-state index contributed by atoms with van der Waals surface area (Å²) in [6.45, 7) is 2.93. The molecule has 8 atom stereocenters. The van der Waals surface area contributed by atoms with Gasteiger partial charge in [-0.2, -0.15) is 24.4 Å². The van der Waals surface area contributed by atoms with Gasteiger partial charge in [-0.15, -0.1) is 0 Å². The Morgan fingerprint density at radius 1 is 0.644 bits per heavy atom. The summed E-state index contributed by atoms with van der Waals surface area (Å²) in [6, 6.07) is 12.0. The number of phenolic OH excluding ortho intramolecular Hbond substituents is 1. The van der Waals surface area contributed by atoms with Gasteiger partial charge in [0.05, 0.1) is 18.8 Å². The molecule has 27 nitrogen and oxygen atoms in total. The SMILES string of the molecule is CC(C)[C@@H]1NC(=O)[C@H](CCCCN)NC(=O)[C@@H](Cc2c[nH]c3ccccc23)NC(=O)[C@H](Cc2ccc(O)cc2)NC(=O)[C@H](Cc2ccccc2)N(C)C(=O)[C@H](CCSCC(=O)NCC(=O)NCC(=O)N[C@@H](CS)C(=O)N[C@@H](CCCCN)C(N)=O)NC1=O.[O]=[99Tc]. The first kappa shape index (κ1) is 74.7. The van der Waals surface area contributed by atoms with Gasteiger partial charge in [-0.25, -0.2) is 0 Å². The fourth-order valence-corrected chi connectivity index (χ4v) is 10.7. The van der Waals surface area contributed by atoms with E-state index in [0.29, 0.717) is 48.9 Å².